The fourth-order valence-electron chi connectivity index (χ4n) is 1.65. The van der Waals surface area contributed by atoms with Crippen molar-refractivity contribution in [1.82, 2.24) is 0 Å². The molecule has 6 heteroatoms. The molecule has 1 fully saturated rings. The van der Waals surface area contributed by atoms with Crippen LogP contribution in [0.3, 0.4) is 0 Å². The van der Waals surface area contributed by atoms with E-state index in [2.05, 4.69) is 15.9 Å². The molecule has 0 saturated heterocycles. The summed E-state index contributed by atoms with van der Waals surface area (Å²) >= 11 is 3.36. The van der Waals surface area contributed by atoms with Crippen LogP contribution in [0.5, 0.6) is 11.5 Å². The smallest absolute Gasteiger partial charge is 0.341 e. The summed E-state index contributed by atoms with van der Waals surface area (Å²) < 4.78 is 21.4. The van der Waals surface area contributed by atoms with Crippen molar-refractivity contribution in [3.63, 3.8) is 0 Å². The average molecular weight is 345 g/mol. The van der Waals surface area contributed by atoms with Crippen molar-refractivity contribution in [1.29, 1.82) is 0 Å². The maximum atomic E-state index is 11.8. The second-order valence-corrected chi connectivity index (χ2v) is 5.43. The van der Waals surface area contributed by atoms with Gasteiger partial charge in [-0.3, -0.25) is 0 Å². The zero-order valence-corrected chi connectivity index (χ0v) is 13.1. The van der Waals surface area contributed by atoms with Crippen LogP contribution in [-0.2, 0) is 9.47 Å². The van der Waals surface area contributed by atoms with Crippen LogP contribution in [0, 0.1) is 5.92 Å². The number of methoxy groups -OCH3 is 2. The molecule has 0 atom stereocenters. The first-order valence-corrected chi connectivity index (χ1v) is 7.11. The minimum atomic E-state index is -0.435. The summed E-state index contributed by atoms with van der Waals surface area (Å²) in [6.45, 7) is 0.730. The van der Waals surface area contributed by atoms with E-state index in [-0.39, 0.29) is 6.79 Å². The van der Waals surface area contributed by atoms with Gasteiger partial charge in [-0.15, -0.1) is 0 Å². The van der Waals surface area contributed by atoms with E-state index in [1.807, 2.05) is 0 Å². The van der Waals surface area contributed by atoms with Crippen molar-refractivity contribution in [2.24, 2.45) is 5.92 Å². The molecule has 0 radical (unpaired) electrons. The molecular weight excluding hydrogens is 328 g/mol. The Labute approximate surface area is 126 Å². The number of hydrogen-bond donors (Lipinski definition) is 0. The van der Waals surface area contributed by atoms with Crippen LogP contribution in [0.4, 0.5) is 0 Å². The number of hydrogen-bond acceptors (Lipinski definition) is 5. The van der Waals surface area contributed by atoms with Gasteiger partial charge in [0.2, 0.25) is 0 Å². The second kappa shape index (κ2) is 6.95. The number of carbonyl (C=O) groups is 1. The lowest BCUT2D eigenvalue weighted by molar-refractivity contribution is 0.0502. The van der Waals surface area contributed by atoms with Crippen LogP contribution in [0.1, 0.15) is 23.2 Å². The molecule has 20 heavy (non-hydrogen) atoms. The van der Waals surface area contributed by atoms with Crippen LogP contribution in [-0.4, -0.2) is 33.6 Å². The topological polar surface area (TPSA) is 54.0 Å². The Hall–Kier alpha value is -1.27. The first-order valence-electron chi connectivity index (χ1n) is 6.32. The molecule has 1 aromatic rings. The van der Waals surface area contributed by atoms with Crippen molar-refractivity contribution >= 4 is 21.9 Å². The molecular formula is C14H17BrO5. The maximum absolute atomic E-state index is 11.8. The van der Waals surface area contributed by atoms with E-state index in [1.54, 1.807) is 19.2 Å². The molecule has 0 heterocycles. The second-order valence-electron chi connectivity index (χ2n) is 4.58. The van der Waals surface area contributed by atoms with Crippen LogP contribution >= 0.6 is 15.9 Å². The van der Waals surface area contributed by atoms with E-state index < -0.39 is 5.97 Å². The Morgan fingerprint density at radius 1 is 1.25 bits per heavy atom. The largest absolute Gasteiger partial charge is 0.492 e. The van der Waals surface area contributed by atoms with Gasteiger partial charge in [0.15, 0.2) is 6.79 Å². The Morgan fingerprint density at radius 3 is 2.60 bits per heavy atom. The third-order valence-electron chi connectivity index (χ3n) is 2.94. The van der Waals surface area contributed by atoms with Crippen LogP contribution in [0.15, 0.2) is 16.6 Å². The van der Waals surface area contributed by atoms with Crippen molar-refractivity contribution in [3.8, 4) is 11.5 Å². The summed E-state index contributed by atoms with van der Waals surface area (Å²) in [5, 5.41) is 0. The molecule has 5 nitrogen and oxygen atoms in total. The zero-order chi connectivity index (χ0) is 14.5. The van der Waals surface area contributed by atoms with E-state index in [9.17, 15) is 4.79 Å². The number of benzene rings is 1. The summed E-state index contributed by atoms with van der Waals surface area (Å²) in [6.07, 6.45) is 2.36. The van der Waals surface area contributed by atoms with Crippen molar-refractivity contribution in [2.45, 2.75) is 12.8 Å². The molecule has 1 saturated carbocycles. The van der Waals surface area contributed by atoms with Gasteiger partial charge in [0.25, 0.3) is 0 Å². The predicted octanol–water partition coefficient (Wildman–Crippen LogP) is 3.01. The highest BCUT2D eigenvalue weighted by Crippen LogP contribution is 2.35. The van der Waals surface area contributed by atoms with Crippen LogP contribution < -0.4 is 9.47 Å². The molecule has 0 aromatic heterocycles. The van der Waals surface area contributed by atoms with E-state index in [4.69, 9.17) is 18.9 Å². The Morgan fingerprint density at radius 2 is 2.00 bits per heavy atom. The molecule has 0 unspecified atom stereocenters. The molecule has 1 aromatic carbocycles. The molecule has 1 aliphatic rings. The monoisotopic (exact) mass is 344 g/mol. The van der Waals surface area contributed by atoms with Gasteiger partial charge in [0.05, 0.1) is 18.2 Å². The normalized spacial score (nSPS) is 13.9. The molecule has 1 aliphatic carbocycles. The summed E-state index contributed by atoms with van der Waals surface area (Å²) in [5.74, 6) is 1.19. The van der Waals surface area contributed by atoms with Gasteiger partial charge >= 0.3 is 5.97 Å². The fraction of sp³-hybridized carbons (Fsp3) is 0.500. The fourth-order valence-corrected chi connectivity index (χ4v) is 2.11. The Bertz CT molecular complexity index is 485. The third kappa shape index (κ3) is 3.86. The summed E-state index contributed by atoms with van der Waals surface area (Å²) in [6, 6.07) is 3.32. The van der Waals surface area contributed by atoms with Gasteiger partial charge in [-0.25, -0.2) is 4.79 Å². The lowest BCUT2D eigenvalue weighted by atomic mass is 10.2. The molecule has 2 rings (SSSR count). The van der Waals surface area contributed by atoms with Gasteiger partial charge < -0.3 is 18.9 Å². The lowest BCUT2D eigenvalue weighted by Crippen LogP contribution is -2.09. The molecule has 110 valence electrons. The number of ether oxygens (including phenoxy) is 4. The minimum absolute atomic E-state index is 0.123. The summed E-state index contributed by atoms with van der Waals surface area (Å²) in [7, 11) is 2.89. The van der Waals surface area contributed by atoms with E-state index >= 15 is 0 Å². The summed E-state index contributed by atoms with van der Waals surface area (Å²) in [4.78, 5) is 11.8. The molecule has 0 amide bonds. The van der Waals surface area contributed by atoms with E-state index in [0.29, 0.717) is 34.1 Å². The molecule has 0 N–H and O–H groups in total. The lowest BCUT2D eigenvalue weighted by Gasteiger charge is -2.14. The van der Waals surface area contributed by atoms with Gasteiger partial charge in [0.1, 0.15) is 17.1 Å². The van der Waals surface area contributed by atoms with Crippen LogP contribution in [0.2, 0.25) is 0 Å². The van der Waals surface area contributed by atoms with Gasteiger partial charge in [0, 0.05) is 13.2 Å². The van der Waals surface area contributed by atoms with Crippen molar-refractivity contribution in [3.05, 3.63) is 22.2 Å². The summed E-state index contributed by atoms with van der Waals surface area (Å²) in [5.41, 5.74) is 0.379. The van der Waals surface area contributed by atoms with Crippen molar-refractivity contribution in [2.75, 3.05) is 27.6 Å². The number of esters is 1. The first kappa shape index (κ1) is 15.1. The highest BCUT2D eigenvalue weighted by molar-refractivity contribution is 9.10. The number of carbonyl (C=O) groups excluding carboxylic acids is 1. The highest BCUT2D eigenvalue weighted by Gasteiger charge is 2.24. The average Bonchev–Trinajstić information content (AvgIpc) is 3.27. The predicted molar refractivity (Wildman–Crippen MR) is 76.2 cm³/mol. The Kier molecular flexibility index (Phi) is 5.25. The molecule has 0 aliphatic heterocycles. The Balaban J connectivity index is 2.23. The molecule has 0 spiro atoms. The quantitative estimate of drug-likeness (QED) is 0.562. The highest BCUT2D eigenvalue weighted by atomic mass is 79.9. The van der Waals surface area contributed by atoms with Gasteiger partial charge in [-0.05, 0) is 40.8 Å². The van der Waals surface area contributed by atoms with E-state index in [1.165, 1.54) is 20.0 Å². The van der Waals surface area contributed by atoms with Gasteiger partial charge in [-0.1, -0.05) is 0 Å². The number of rotatable bonds is 7. The number of halogens is 1. The third-order valence-corrected chi connectivity index (χ3v) is 3.56. The zero-order valence-electron chi connectivity index (χ0n) is 11.5. The first-order chi connectivity index (χ1) is 9.65. The van der Waals surface area contributed by atoms with E-state index in [0.717, 1.165) is 0 Å². The van der Waals surface area contributed by atoms with Crippen LogP contribution in [0.25, 0.3) is 0 Å². The SMILES string of the molecule is COCOc1cc(OCC2CC2)c(C(=O)OC)cc1Br. The van der Waals surface area contributed by atoms with Gasteiger partial charge in [-0.2, -0.15) is 0 Å². The van der Waals surface area contributed by atoms with Crippen molar-refractivity contribution < 1.29 is 23.7 Å². The standard InChI is InChI=1S/C14H17BrO5/c1-17-8-20-13-6-12(19-7-9-3-4-9)10(5-11(13)15)14(16)18-2/h5-6,9H,3-4,7-8H2,1-2H3. The minimum Gasteiger partial charge on any atom is -0.492 e. The molecule has 0 bridgehead atoms. The maximum Gasteiger partial charge on any atom is 0.341 e.